The smallest absolute Gasteiger partial charge is 0.244 e. The van der Waals surface area contributed by atoms with Crippen molar-refractivity contribution < 1.29 is 8.42 Å². The topological polar surface area (TPSA) is 114 Å². The van der Waals surface area contributed by atoms with Crippen LogP contribution < -0.4 is 4.72 Å². The van der Waals surface area contributed by atoms with E-state index in [0.29, 0.717) is 17.1 Å². The SMILES string of the molecule is CCc1cnc2c(c1)c(C#N)c(-c1ncc(S(=O)(=O)NC3(C)CC3)cn1)n2C1CCC1. The third kappa shape index (κ3) is 3.40. The molecule has 0 amide bonds. The van der Waals surface area contributed by atoms with E-state index in [1.807, 2.05) is 19.2 Å². The van der Waals surface area contributed by atoms with E-state index in [4.69, 9.17) is 0 Å². The largest absolute Gasteiger partial charge is 0.318 e. The summed E-state index contributed by atoms with van der Waals surface area (Å²) in [5.74, 6) is 0.344. The van der Waals surface area contributed by atoms with Gasteiger partial charge in [-0.3, -0.25) is 0 Å². The summed E-state index contributed by atoms with van der Waals surface area (Å²) in [6.07, 6.45) is 10.1. The fraction of sp³-hybridized carbons (Fsp3) is 0.455. The Balaban J connectivity index is 1.63. The highest BCUT2D eigenvalue weighted by atomic mass is 32.2. The van der Waals surface area contributed by atoms with Gasteiger partial charge < -0.3 is 4.57 Å². The average Bonchev–Trinajstić information content (AvgIpc) is 3.35. The number of aromatic nitrogens is 4. The quantitative estimate of drug-likeness (QED) is 0.633. The number of fused-ring (bicyclic) bond motifs is 1. The van der Waals surface area contributed by atoms with E-state index in [9.17, 15) is 13.7 Å². The monoisotopic (exact) mass is 436 g/mol. The van der Waals surface area contributed by atoms with E-state index in [1.165, 1.54) is 12.4 Å². The molecule has 0 atom stereocenters. The summed E-state index contributed by atoms with van der Waals surface area (Å²) in [5, 5.41) is 10.8. The lowest BCUT2D eigenvalue weighted by Gasteiger charge is -2.29. The van der Waals surface area contributed by atoms with Gasteiger partial charge in [0.15, 0.2) is 5.82 Å². The molecule has 1 N–H and O–H groups in total. The Morgan fingerprint density at radius 1 is 1.23 bits per heavy atom. The van der Waals surface area contributed by atoms with E-state index >= 15 is 0 Å². The van der Waals surface area contributed by atoms with Crippen LogP contribution in [0, 0.1) is 11.3 Å². The zero-order valence-corrected chi connectivity index (χ0v) is 18.4. The minimum atomic E-state index is -3.68. The molecule has 5 rings (SSSR count). The summed E-state index contributed by atoms with van der Waals surface area (Å²) >= 11 is 0. The molecule has 8 nitrogen and oxygen atoms in total. The van der Waals surface area contributed by atoms with Gasteiger partial charge in [-0.15, -0.1) is 0 Å². The third-order valence-electron chi connectivity index (χ3n) is 6.39. The molecular weight excluding hydrogens is 412 g/mol. The second kappa shape index (κ2) is 7.11. The van der Waals surface area contributed by atoms with Gasteiger partial charge in [0, 0.05) is 23.2 Å². The Labute approximate surface area is 181 Å². The van der Waals surface area contributed by atoms with E-state index < -0.39 is 10.0 Å². The number of aryl methyl sites for hydroxylation is 1. The first-order valence-electron chi connectivity index (χ1n) is 10.6. The van der Waals surface area contributed by atoms with Gasteiger partial charge in [0.1, 0.15) is 22.3 Å². The molecule has 0 aromatic carbocycles. The van der Waals surface area contributed by atoms with Crippen molar-refractivity contribution in [2.24, 2.45) is 0 Å². The number of nitriles is 1. The van der Waals surface area contributed by atoms with Crippen LogP contribution in [0.5, 0.6) is 0 Å². The molecule has 2 aliphatic rings. The summed E-state index contributed by atoms with van der Waals surface area (Å²) < 4.78 is 30.1. The van der Waals surface area contributed by atoms with Crippen molar-refractivity contribution in [1.29, 1.82) is 5.26 Å². The summed E-state index contributed by atoms with van der Waals surface area (Å²) in [5.41, 5.74) is 2.56. The second-order valence-electron chi connectivity index (χ2n) is 8.77. The first kappa shape index (κ1) is 20.1. The first-order chi connectivity index (χ1) is 14.8. The highest BCUT2D eigenvalue weighted by molar-refractivity contribution is 7.89. The Bertz CT molecular complexity index is 1310. The zero-order chi connectivity index (χ0) is 21.8. The molecule has 0 saturated heterocycles. The maximum atomic E-state index is 12.6. The van der Waals surface area contributed by atoms with Gasteiger partial charge in [-0.2, -0.15) is 5.26 Å². The van der Waals surface area contributed by atoms with Crippen LogP contribution in [0.25, 0.3) is 22.6 Å². The first-order valence-corrected chi connectivity index (χ1v) is 12.1. The molecule has 160 valence electrons. The fourth-order valence-corrected chi connectivity index (χ4v) is 5.36. The Morgan fingerprint density at radius 3 is 2.48 bits per heavy atom. The molecule has 9 heteroatoms. The highest BCUT2D eigenvalue weighted by Gasteiger charge is 2.41. The van der Waals surface area contributed by atoms with Crippen LogP contribution >= 0.6 is 0 Å². The van der Waals surface area contributed by atoms with Crippen molar-refractivity contribution in [1.82, 2.24) is 24.2 Å². The van der Waals surface area contributed by atoms with Gasteiger partial charge in [0.05, 0.1) is 18.0 Å². The summed E-state index contributed by atoms with van der Waals surface area (Å²) in [4.78, 5) is 13.5. The van der Waals surface area contributed by atoms with Crippen LogP contribution in [0.1, 0.15) is 63.1 Å². The zero-order valence-electron chi connectivity index (χ0n) is 17.6. The molecule has 2 saturated carbocycles. The molecule has 3 aromatic rings. The van der Waals surface area contributed by atoms with Crippen LogP contribution in [0.2, 0.25) is 0 Å². The Kier molecular flexibility index (Phi) is 4.61. The molecule has 2 fully saturated rings. The van der Waals surface area contributed by atoms with Crippen LogP contribution in [0.15, 0.2) is 29.6 Å². The van der Waals surface area contributed by atoms with E-state index in [0.717, 1.165) is 55.1 Å². The van der Waals surface area contributed by atoms with Crippen LogP contribution in [-0.2, 0) is 16.4 Å². The Morgan fingerprint density at radius 2 is 1.94 bits per heavy atom. The van der Waals surface area contributed by atoms with Crippen LogP contribution in [-0.4, -0.2) is 33.5 Å². The van der Waals surface area contributed by atoms with Gasteiger partial charge in [-0.25, -0.2) is 28.1 Å². The van der Waals surface area contributed by atoms with Gasteiger partial charge in [0.2, 0.25) is 10.0 Å². The van der Waals surface area contributed by atoms with Crippen LogP contribution in [0.3, 0.4) is 0 Å². The number of pyridine rings is 1. The van der Waals surface area contributed by atoms with Gasteiger partial charge in [0.25, 0.3) is 0 Å². The predicted molar refractivity (Wildman–Crippen MR) is 116 cm³/mol. The molecule has 0 radical (unpaired) electrons. The maximum Gasteiger partial charge on any atom is 0.244 e. The minimum absolute atomic E-state index is 0.0283. The lowest BCUT2D eigenvalue weighted by molar-refractivity contribution is 0.322. The van der Waals surface area contributed by atoms with Crippen molar-refractivity contribution in [2.45, 2.75) is 68.8 Å². The summed E-state index contributed by atoms with van der Waals surface area (Å²) in [7, 11) is -3.68. The third-order valence-corrected chi connectivity index (χ3v) is 7.98. The fourth-order valence-electron chi connectivity index (χ4n) is 4.01. The van der Waals surface area contributed by atoms with E-state index in [2.05, 4.69) is 37.2 Å². The van der Waals surface area contributed by atoms with Crippen molar-refractivity contribution in [3.63, 3.8) is 0 Å². The number of nitrogens with one attached hydrogen (secondary N) is 1. The lowest BCUT2D eigenvalue weighted by Crippen LogP contribution is -2.34. The average molecular weight is 437 g/mol. The predicted octanol–water partition coefficient (Wildman–Crippen LogP) is 3.48. The number of hydrogen-bond donors (Lipinski definition) is 1. The van der Waals surface area contributed by atoms with Crippen molar-refractivity contribution in [2.75, 3.05) is 0 Å². The lowest BCUT2D eigenvalue weighted by atomic mass is 9.92. The van der Waals surface area contributed by atoms with Crippen molar-refractivity contribution in [3.8, 4) is 17.6 Å². The molecule has 0 bridgehead atoms. The molecule has 31 heavy (non-hydrogen) atoms. The van der Waals surface area contributed by atoms with Gasteiger partial charge >= 0.3 is 0 Å². The molecule has 0 unspecified atom stereocenters. The molecule has 2 aliphatic carbocycles. The van der Waals surface area contributed by atoms with E-state index in [1.54, 1.807) is 0 Å². The van der Waals surface area contributed by atoms with E-state index in [-0.39, 0.29) is 16.5 Å². The normalized spacial score (nSPS) is 18.0. The van der Waals surface area contributed by atoms with Gasteiger partial charge in [-0.05, 0) is 57.1 Å². The summed E-state index contributed by atoms with van der Waals surface area (Å²) in [6.45, 7) is 3.94. The van der Waals surface area contributed by atoms with Crippen LogP contribution in [0.4, 0.5) is 0 Å². The summed E-state index contributed by atoms with van der Waals surface area (Å²) in [6, 6.07) is 4.58. The minimum Gasteiger partial charge on any atom is -0.318 e. The second-order valence-corrected chi connectivity index (χ2v) is 10.4. The molecule has 3 aromatic heterocycles. The molecular formula is C22H24N6O2S. The molecule has 0 spiro atoms. The molecule has 3 heterocycles. The molecule has 0 aliphatic heterocycles. The maximum absolute atomic E-state index is 12.6. The van der Waals surface area contributed by atoms with Crippen molar-refractivity contribution in [3.05, 3.63) is 35.8 Å². The Hall–Kier alpha value is -2.83. The number of rotatable bonds is 6. The highest BCUT2D eigenvalue weighted by Crippen LogP contribution is 2.41. The number of nitrogens with zero attached hydrogens (tertiary/aromatic N) is 5. The standard InChI is InChI=1S/C22H24N6O2S/c1-3-14-9-17-18(10-23)19(28(15-5-4-6-15)21(17)26-11-14)20-24-12-16(13-25-20)31(29,30)27-22(2)7-8-22/h9,11-13,15,27H,3-8H2,1-2H3. The van der Waals surface area contributed by atoms with Crippen molar-refractivity contribution >= 4 is 21.1 Å². The number of hydrogen-bond acceptors (Lipinski definition) is 6. The number of sulfonamides is 1. The van der Waals surface area contributed by atoms with Gasteiger partial charge in [-0.1, -0.05) is 6.92 Å².